The predicted octanol–water partition coefficient (Wildman–Crippen LogP) is 3.63. The molecule has 4 bridgehead atoms. The average molecular weight is 405 g/mol. The minimum absolute atomic E-state index is 0.0156. The maximum atomic E-state index is 13.5. The van der Waals surface area contributed by atoms with Crippen molar-refractivity contribution in [2.75, 3.05) is 6.54 Å². The van der Waals surface area contributed by atoms with Gasteiger partial charge >= 0.3 is 6.18 Å². The van der Waals surface area contributed by atoms with E-state index in [1.807, 2.05) is 0 Å². The second-order valence-electron chi connectivity index (χ2n) is 8.98. The Hall–Kier alpha value is -2.45. The standard InChI is InChI=1S/C20H22F3N5O/c21-20(22,23)16-15(10-28(27-16)18-24-2-1-3-25-18)17(29)26-11-19-7-12-4-13(8-19)6-14(5-12)9-19/h1-3,10,12-14H,4-9,11H2,(H,26,29). The number of aromatic nitrogens is 4. The van der Waals surface area contributed by atoms with Crippen molar-refractivity contribution in [1.29, 1.82) is 0 Å². The Morgan fingerprint density at radius 2 is 1.69 bits per heavy atom. The van der Waals surface area contributed by atoms with E-state index in [4.69, 9.17) is 0 Å². The van der Waals surface area contributed by atoms with Crippen molar-refractivity contribution < 1.29 is 18.0 Å². The summed E-state index contributed by atoms with van der Waals surface area (Å²) >= 11 is 0. The zero-order valence-electron chi connectivity index (χ0n) is 15.8. The normalized spacial score (nSPS) is 30.5. The van der Waals surface area contributed by atoms with Crippen LogP contribution in [0.15, 0.2) is 24.7 Å². The number of halogens is 3. The number of alkyl halides is 3. The SMILES string of the molecule is O=C(NCC12CC3CC(CC(C3)C1)C2)c1cn(-c2ncccn2)nc1C(F)(F)F. The monoisotopic (exact) mass is 405 g/mol. The molecule has 4 saturated carbocycles. The Kier molecular flexibility index (Phi) is 4.18. The molecule has 2 heterocycles. The van der Waals surface area contributed by atoms with Gasteiger partial charge in [0.1, 0.15) is 0 Å². The van der Waals surface area contributed by atoms with Gasteiger partial charge in [-0.1, -0.05) is 0 Å². The lowest BCUT2D eigenvalue weighted by Gasteiger charge is -2.56. The number of rotatable bonds is 4. The van der Waals surface area contributed by atoms with Gasteiger partial charge in [0.25, 0.3) is 5.91 Å². The Morgan fingerprint density at radius 3 is 2.24 bits per heavy atom. The van der Waals surface area contributed by atoms with Gasteiger partial charge in [0.15, 0.2) is 5.69 Å². The van der Waals surface area contributed by atoms with Crippen LogP contribution in [-0.4, -0.2) is 32.2 Å². The Morgan fingerprint density at radius 1 is 1.10 bits per heavy atom. The third-order valence-corrected chi connectivity index (χ3v) is 6.77. The van der Waals surface area contributed by atoms with Gasteiger partial charge in [-0.2, -0.15) is 18.3 Å². The van der Waals surface area contributed by atoms with E-state index in [-0.39, 0.29) is 11.4 Å². The van der Waals surface area contributed by atoms with Crippen molar-refractivity contribution in [3.63, 3.8) is 0 Å². The van der Waals surface area contributed by atoms with Crippen molar-refractivity contribution in [2.45, 2.75) is 44.7 Å². The van der Waals surface area contributed by atoms with E-state index in [2.05, 4.69) is 20.4 Å². The zero-order valence-corrected chi connectivity index (χ0v) is 15.8. The second kappa shape index (κ2) is 6.53. The Balaban J connectivity index is 1.37. The molecular formula is C20H22F3N5O. The number of amides is 1. The largest absolute Gasteiger partial charge is 0.435 e. The van der Waals surface area contributed by atoms with Gasteiger partial charge < -0.3 is 5.32 Å². The highest BCUT2D eigenvalue weighted by atomic mass is 19.4. The smallest absolute Gasteiger partial charge is 0.351 e. The summed E-state index contributed by atoms with van der Waals surface area (Å²) in [6.07, 6.45) is 6.17. The molecule has 0 aromatic carbocycles. The minimum atomic E-state index is -4.74. The molecule has 4 aliphatic carbocycles. The van der Waals surface area contributed by atoms with E-state index in [0.29, 0.717) is 24.3 Å². The topological polar surface area (TPSA) is 72.7 Å². The molecular weight excluding hydrogens is 383 g/mol. The lowest BCUT2D eigenvalue weighted by Crippen LogP contribution is -2.51. The van der Waals surface area contributed by atoms with Crippen LogP contribution in [0.25, 0.3) is 5.95 Å². The molecule has 2 aromatic rings. The van der Waals surface area contributed by atoms with E-state index in [1.165, 1.54) is 31.7 Å². The molecule has 154 valence electrons. The summed E-state index contributed by atoms with van der Waals surface area (Å²) in [5.41, 5.74) is -1.66. The number of hydrogen-bond donors (Lipinski definition) is 1. The summed E-state index contributed by atoms with van der Waals surface area (Å²) in [5, 5.41) is 6.35. The molecule has 0 saturated heterocycles. The Labute approximate surface area is 165 Å². The maximum Gasteiger partial charge on any atom is 0.435 e. The van der Waals surface area contributed by atoms with Gasteiger partial charge in [0.05, 0.1) is 5.56 Å². The minimum Gasteiger partial charge on any atom is -0.351 e. The van der Waals surface area contributed by atoms with E-state index < -0.39 is 23.3 Å². The fraction of sp³-hybridized carbons (Fsp3) is 0.600. The van der Waals surface area contributed by atoms with Crippen LogP contribution in [0.5, 0.6) is 0 Å². The number of nitrogens with one attached hydrogen (secondary N) is 1. The predicted molar refractivity (Wildman–Crippen MR) is 97.1 cm³/mol. The van der Waals surface area contributed by atoms with Crippen molar-refractivity contribution in [3.8, 4) is 5.95 Å². The van der Waals surface area contributed by atoms with Gasteiger partial charge in [-0.25, -0.2) is 14.6 Å². The summed E-state index contributed by atoms with van der Waals surface area (Å²) in [7, 11) is 0. The zero-order chi connectivity index (χ0) is 20.2. The first-order chi connectivity index (χ1) is 13.8. The summed E-state index contributed by atoms with van der Waals surface area (Å²) in [5.74, 6) is 1.37. The van der Waals surface area contributed by atoms with Crippen LogP contribution in [0.1, 0.15) is 54.6 Å². The lowest BCUT2D eigenvalue weighted by molar-refractivity contribution is -0.141. The van der Waals surface area contributed by atoms with Gasteiger partial charge in [-0.15, -0.1) is 0 Å². The average Bonchev–Trinajstić information content (AvgIpc) is 3.12. The lowest BCUT2D eigenvalue weighted by atomic mass is 9.49. The molecule has 4 aliphatic rings. The first-order valence-corrected chi connectivity index (χ1v) is 10.0. The summed E-state index contributed by atoms with van der Waals surface area (Å²) < 4.78 is 41.4. The molecule has 1 N–H and O–H groups in total. The highest BCUT2D eigenvalue weighted by molar-refractivity contribution is 5.95. The number of nitrogens with zero attached hydrogens (tertiary/aromatic N) is 4. The number of carbonyl (C=O) groups excluding carboxylic acids is 1. The van der Waals surface area contributed by atoms with Crippen molar-refractivity contribution in [3.05, 3.63) is 35.9 Å². The maximum absolute atomic E-state index is 13.5. The van der Waals surface area contributed by atoms with Crippen LogP contribution in [0, 0.1) is 23.2 Å². The van der Waals surface area contributed by atoms with Gasteiger partial charge in [0, 0.05) is 25.1 Å². The molecule has 0 atom stereocenters. The third-order valence-electron chi connectivity index (χ3n) is 6.77. The summed E-state index contributed by atoms with van der Waals surface area (Å²) in [4.78, 5) is 20.6. The van der Waals surface area contributed by atoms with Gasteiger partial charge in [0.2, 0.25) is 5.95 Å². The van der Waals surface area contributed by atoms with E-state index in [1.54, 1.807) is 6.07 Å². The van der Waals surface area contributed by atoms with E-state index in [9.17, 15) is 18.0 Å². The van der Waals surface area contributed by atoms with Crippen LogP contribution < -0.4 is 5.32 Å². The van der Waals surface area contributed by atoms with Gasteiger partial charge in [-0.05, 0) is 67.8 Å². The molecule has 2 aromatic heterocycles. The first kappa shape index (κ1) is 18.6. The molecule has 4 fully saturated rings. The van der Waals surface area contributed by atoms with Crippen LogP contribution in [0.3, 0.4) is 0 Å². The quantitative estimate of drug-likeness (QED) is 0.843. The molecule has 0 spiro atoms. The molecule has 6 nitrogen and oxygen atoms in total. The number of carbonyl (C=O) groups is 1. The highest BCUT2D eigenvalue weighted by Gasteiger charge is 2.51. The van der Waals surface area contributed by atoms with Crippen molar-refractivity contribution in [2.24, 2.45) is 23.2 Å². The Bertz CT molecular complexity index is 889. The molecule has 6 rings (SSSR count). The van der Waals surface area contributed by atoms with E-state index >= 15 is 0 Å². The van der Waals surface area contributed by atoms with Crippen LogP contribution in [-0.2, 0) is 6.18 Å². The van der Waals surface area contributed by atoms with Crippen molar-refractivity contribution >= 4 is 5.91 Å². The summed E-state index contributed by atoms with van der Waals surface area (Å²) in [6, 6.07) is 1.55. The second-order valence-corrected chi connectivity index (χ2v) is 8.98. The summed E-state index contributed by atoms with van der Waals surface area (Å²) in [6.45, 7) is 0.430. The molecule has 0 aliphatic heterocycles. The number of hydrogen-bond acceptors (Lipinski definition) is 4. The van der Waals surface area contributed by atoms with Crippen LogP contribution in [0.2, 0.25) is 0 Å². The first-order valence-electron chi connectivity index (χ1n) is 10.0. The van der Waals surface area contributed by atoms with Crippen LogP contribution >= 0.6 is 0 Å². The fourth-order valence-electron chi connectivity index (χ4n) is 6.13. The van der Waals surface area contributed by atoms with E-state index in [0.717, 1.165) is 30.1 Å². The highest BCUT2D eigenvalue weighted by Crippen LogP contribution is 2.59. The molecule has 0 unspecified atom stereocenters. The van der Waals surface area contributed by atoms with Crippen LogP contribution in [0.4, 0.5) is 13.2 Å². The van der Waals surface area contributed by atoms with Crippen molar-refractivity contribution in [1.82, 2.24) is 25.1 Å². The third kappa shape index (κ3) is 3.40. The molecule has 1 amide bonds. The molecule has 0 radical (unpaired) electrons. The molecule has 9 heteroatoms. The van der Waals surface area contributed by atoms with Gasteiger partial charge in [-0.3, -0.25) is 4.79 Å². The molecule has 29 heavy (non-hydrogen) atoms. The fourth-order valence-corrected chi connectivity index (χ4v) is 6.13.